The lowest BCUT2D eigenvalue weighted by molar-refractivity contribution is -0.164. The number of esters is 1. The third kappa shape index (κ3) is 5.15. The van der Waals surface area contributed by atoms with Crippen molar-refractivity contribution in [2.75, 3.05) is 0 Å². The van der Waals surface area contributed by atoms with Gasteiger partial charge in [0, 0.05) is 11.3 Å². The molecule has 3 aliphatic carbocycles. The lowest BCUT2D eigenvalue weighted by Crippen LogP contribution is -2.56. The normalized spacial score (nSPS) is 38.8. The van der Waals surface area contributed by atoms with Crippen molar-refractivity contribution in [3.05, 3.63) is 11.3 Å². The van der Waals surface area contributed by atoms with Crippen molar-refractivity contribution >= 4 is 14.3 Å². The van der Waals surface area contributed by atoms with Gasteiger partial charge in [-0.25, -0.2) is 0 Å². The van der Waals surface area contributed by atoms with Crippen LogP contribution in [0.3, 0.4) is 0 Å². The maximum Gasteiger partial charge on any atom is 0.315 e. The second-order valence-corrected chi connectivity index (χ2v) is 18.9. The van der Waals surface area contributed by atoms with Gasteiger partial charge in [-0.3, -0.25) is 4.79 Å². The lowest BCUT2D eigenvalue weighted by Gasteiger charge is -2.55. The molecule has 0 aromatic heterocycles. The number of carbonyl (C=O) groups is 1. The van der Waals surface area contributed by atoms with E-state index in [2.05, 4.69) is 55.4 Å². The molecule has 0 bridgehead atoms. The van der Waals surface area contributed by atoms with Crippen LogP contribution in [0.25, 0.3) is 0 Å². The summed E-state index contributed by atoms with van der Waals surface area (Å²) < 4.78 is 13.2. The molecule has 0 spiro atoms. The molecule has 8 atom stereocenters. The average molecular weight is 533 g/mol. The highest BCUT2D eigenvalue weighted by atomic mass is 28.4. The van der Waals surface area contributed by atoms with Gasteiger partial charge in [-0.1, -0.05) is 74.7 Å². The average Bonchev–Trinajstić information content (AvgIpc) is 3.21. The van der Waals surface area contributed by atoms with Gasteiger partial charge in [-0.2, -0.15) is 0 Å². The largest absolute Gasteiger partial charge is 0.431 e. The third-order valence-corrected chi connectivity index (χ3v) is 16.6. The molecule has 0 saturated heterocycles. The Balaban J connectivity index is 1.59. The van der Waals surface area contributed by atoms with Crippen molar-refractivity contribution in [2.45, 2.75) is 144 Å². The zero-order valence-electron chi connectivity index (χ0n) is 25.2. The summed E-state index contributed by atoms with van der Waals surface area (Å²) >= 11 is 0. The maximum atomic E-state index is 13.5. The zero-order chi connectivity index (χ0) is 27.2. The molecule has 4 rings (SSSR count). The van der Waals surface area contributed by atoms with Gasteiger partial charge in [0.15, 0.2) is 8.32 Å². The zero-order valence-corrected chi connectivity index (χ0v) is 26.2. The van der Waals surface area contributed by atoms with E-state index in [1.807, 2.05) is 0 Å². The summed E-state index contributed by atoms with van der Waals surface area (Å²) in [7, 11) is -1.86. The first-order valence-electron chi connectivity index (χ1n) is 15.8. The van der Waals surface area contributed by atoms with Crippen LogP contribution in [0.1, 0.15) is 113 Å². The maximum absolute atomic E-state index is 13.5. The Hall–Kier alpha value is -0.653. The molecule has 0 radical (unpaired) electrons. The molecule has 0 unspecified atom stereocenters. The van der Waals surface area contributed by atoms with Gasteiger partial charge >= 0.3 is 5.97 Å². The fourth-order valence-corrected chi connectivity index (χ4v) is 12.0. The number of aliphatic hydroxyl groups is 1. The van der Waals surface area contributed by atoms with E-state index < -0.39 is 14.4 Å². The van der Waals surface area contributed by atoms with Crippen LogP contribution in [-0.2, 0) is 14.0 Å². The molecule has 2 fully saturated rings. The van der Waals surface area contributed by atoms with Crippen molar-refractivity contribution in [3.8, 4) is 0 Å². The predicted octanol–water partition coefficient (Wildman–Crippen LogP) is 8.25. The molecule has 5 heteroatoms. The quantitative estimate of drug-likeness (QED) is 0.227. The molecule has 1 N–H and O–H groups in total. The van der Waals surface area contributed by atoms with E-state index in [0.29, 0.717) is 18.3 Å². The van der Waals surface area contributed by atoms with E-state index in [9.17, 15) is 9.90 Å². The fraction of sp³-hybridized carbons (Fsp3) is 0.906. The number of rotatable bonds is 10. The van der Waals surface area contributed by atoms with E-state index >= 15 is 0 Å². The first kappa shape index (κ1) is 29.3. The van der Waals surface area contributed by atoms with Crippen LogP contribution in [-0.4, -0.2) is 31.6 Å². The van der Waals surface area contributed by atoms with Crippen molar-refractivity contribution in [2.24, 2.45) is 40.4 Å². The minimum Gasteiger partial charge on any atom is -0.431 e. The summed E-state index contributed by atoms with van der Waals surface area (Å²) in [6, 6.07) is 3.24. The number of aliphatic hydroxyl groups excluding tert-OH is 1. The third-order valence-electron chi connectivity index (χ3n) is 11.9. The van der Waals surface area contributed by atoms with E-state index in [1.54, 1.807) is 0 Å². The van der Waals surface area contributed by atoms with Gasteiger partial charge in [0.1, 0.15) is 5.76 Å². The smallest absolute Gasteiger partial charge is 0.315 e. The summed E-state index contributed by atoms with van der Waals surface area (Å²) in [6.07, 6.45) is 9.03. The highest BCUT2D eigenvalue weighted by Crippen LogP contribution is 2.65. The van der Waals surface area contributed by atoms with E-state index in [1.165, 1.54) is 37.7 Å². The van der Waals surface area contributed by atoms with Gasteiger partial charge in [-0.15, -0.1) is 0 Å². The van der Waals surface area contributed by atoms with Crippen LogP contribution < -0.4 is 0 Å². The Morgan fingerprint density at radius 3 is 2.35 bits per heavy atom. The predicted molar refractivity (Wildman–Crippen MR) is 153 cm³/mol. The second-order valence-electron chi connectivity index (χ2n) is 14.2. The summed E-state index contributed by atoms with van der Waals surface area (Å²) in [6.45, 7) is 18.7. The molecular formula is C32H56O4Si. The highest BCUT2D eigenvalue weighted by Gasteiger charge is 2.61. The number of hydrogen-bond acceptors (Lipinski definition) is 4. The van der Waals surface area contributed by atoms with Crippen LogP contribution >= 0.6 is 0 Å². The molecule has 37 heavy (non-hydrogen) atoms. The summed E-state index contributed by atoms with van der Waals surface area (Å²) in [4.78, 5) is 13.5. The lowest BCUT2D eigenvalue weighted by atomic mass is 9.54. The van der Waals surface area contributed by atoms with Gasteiger partial charge in [-0.05, 0) is 85.4 Å². The standard InChI is InChI=1S/C32H56O4Si/c1-9-37(10-2,11-3)36-28-20-32(8)25-17-18-31(7)23(22(6)14-12-13-21(4)5)15-16-24(31)29(25)35-30(34)26(32)19-27(28)33/h21-24,26-28,33H,9-20H2,1-8H3/t22-,23-,24+,26-,27-,28-,31-,32-/m1/s1. The van der Waals surface area contributed by atoms with Crippen molar-refractivity contribution < 1.29 is 19.1 Å². The molecule has 0 aromatic carbocycles. The monoisotopic (exact) mass is 532 g/mol. The molecule has 0 amide bonds. The Morgan fingerprint density at radius 2 is 1.73 bits per heavy atom. The van der Waals surface area contributed by atoms with Crippen LogP contribution in [0.4, 0.5) is 0 Å². The molecule has 1 aliphatic heterocycles. The number of carbonyl (C=O) groups excluding carboxylic acids is 1. The summed E-state index contributed by atoms with van der Waals surface area (Å²) in [5.74, 6) is 3.25. The van der Waals surface area contributed by atoms with Crippen molar-refractivity contribution in [3.63, 3.8) is 0 Å². The molecule has 0 aromatic rings. The van der Waals surface area contributed by atoms with Crippen LogP contribution in [0.15, 0.2) is 11.3 Å². The van der Waals surface area contributed by atoms with E-state index in [-0.39, 0.29) is 28.8 Å². The first-order valence-corrected chi connectivity index (χ1v) is 18.3. The Kier molecular flexibility index (Phi) is 8.78. The van der Waals surface area contributed by atoms with Gasteiger partial charge in [0.05, 0.1) is 18.1 Å². The molecule has 4 aliphatic rings. The topological polar surface area (TPSA) is 55.8 Å². The minimum absolute atomic E-state index is 0.0959. The van der Waals surface area contributed by atoms with Gasteiger partial charge in [0.25, 0.3) is 0 Å². The van der Waals surface area contributed by atoms with Crippen LogP contribution in [0, 0.1) is 40.4 Å². The summed E-state index contributed by atoms with van der Waals surface area (Å²) in [5.41, 5.74) is 1.36. The second kappa shape index (κ2) is 11.1. The number of hydrogen-bond donors (Lipinski definition) is 1. The number of fused-ring (bicyclic) bond motifs is 4. The first-order chi connectivity index (χ1) is 17.4. The van der Waals surface area contributed by atoms with Crippen molar-refractivity contribution in [1.29, 1.82) is 0 Å². The number of ether oxygens (including phenoxy) is 1. The molecular weight excluding hydrogens is 476 g/mol. The highest BCUT2D eigenvalue weighted by molar-refractivity contribution is 6.73. The van der Waals surface area contributed by atoms with Crippen LogP contribution in [0.5, 0.6) is 0 Å². The molecule has 1 heterocycles. The SMILES string of the molecule is CC[Si](CC)(CC)O[C@@H]1C[C@]2(C)C3=C(OC(=O)[C@H]2C[C@H]1O)[C@@H]1CC[C@H]([C@H](C)CCCC(C)C)[C@@]1(C)CC3. The molecule has 4 nitrogen and oxygen atoms in total. The minimum atomic E-state index is -1.86. The van der Waals surface area contributed by atoms with Crippen LogP contribution in [0.2, 0.25) is 18.1 Å². The van der Waals surface area contributed by atoms with Gasteiger partial charge in [0.2, 0.25) is 0 Å². The van der Waals surface area contributed by atoms with Gasteiger partial charge < -0.3 is 14.3 Å². The van der Waals surface area contributed by atoms with Crippen molar-refractivity contribution in [1.82, 2.24) is 0 Å². The Morgan fingerprint density at radius 1 is 1.05 bits per heavy atom. The van der Waals surface area contributed by atoms with E-state index in [0.717, 1.165) is 55.0 Å². The molecule has 212 valence electrons. The van der Waals surface area contributed by atoms with E-state index in [4.69, 9.17) is 9.16 Å². The number of allylic oxidation sites excluding steroid dienone is 2. The summed E-state index contributed by atoms with van der Waals surface area (Å²) in [5, 5.41) is 11.2. The fourth-order valence-electron chi connectivity index (χ4n) is 9.13. The Bertz CT molecular complexity index is 855. The Labute approximate surface area is 228 Å². The molecule has 2 saturated carbocycles.